The van der Waals surface area contributed by atoms with E-state index in [1.807, 2.05) is 4.90 Å². The van der Waals surface area contributed by atoms with Crippen LogP contribution in [0.3, 0.4) is 0 Å². The lowest BCUT2D eigenvalue weighted by Gasteiger charge is -2.34. The van der Waals surface area contributed by atoms with Crippen molar-refractivity contribution in [3.8, 4) is 6.07 Å². The highest BCUT2D eigenvalue weighted by molar-refractivity contribution is 5.79. The normalized spacial score (nSPS) is 41.9. The minimum atomic E-state index is -0.0662. The summed E-state index contributed by atoms with van der Waals surface area (Å²) in [6.45, 7) is 2.87. The van der Waals surface area contributed by atoms with Gasteiger partial charge in [0.25, 0.3) is 0 Å². The summed E-state index contributed by atoms with van der Waals surface area (Å²) in [5.41, 5.74) is 0. The van der Waals surface area contributed by atoms with Crippen LogP contribution in [-0.4, -0.2) is 23.4 Å². The van der Waals surface area contributed by atoms with Crippen molar-refractivity contribution in [3.05, 3.63) is 0 Å². The molecule has 0 aromatic carbocycles. The summed E-state index contributed by atoms with van der Waals surface area (Å²) < 4.78 is 0. The van der Waals surface area contributed by atoms with Gasteiger partial charge in [-0.3, -0.25) is 4.79 Å². The molecule has 92 valence electrons. The molecule has 5 atom stereocenters. The first-order valence-electron chi connectivity index (χ1n) is 6.88. The second kappa shape index (κ2) is 4.01. The summed E-state index contributed by atoms with van der Waals surface area (Å²) in [5, 5.41) is 8.93. The molecule has 2 saturated carbocycles. The molecule has 3 nitrogen and oxygen atoms in total. The van der Waals surface area contributed by atoms with Crippen molar-refractivity contribution >= 4 is 5.91 Å². The van der Waals surface area contributed by atoms with Crippen LogP contribution in [0, 0.1) is 35.0 Å². The Morgan fingerprint density at radius 1 is 1.41 bits per heavy atom. The van der Waals surface area contributed by atoms with Crippen molar-refractivity contribution in [1.82, 2.24) is 4.90 Å². The van der Waals surface area contributed by atoms with Gasteiger partial charge in [-0.15, -0.1) is 0 Å². The van der Waals surface area contributed by atoms with Crippen LogP contribution in [0.4, 0.5) is 0 Å². The Bertz CT molecular complexity index is 373. The van der Waals surface area contributed by atoms with E-state index >= 15 is 0 Å². The second-order valence-corrected chi connectivity index (χ2v) is 6.16. The van der Waals surface area contributed by atoms with Crippen LogP contribution in [0.5, 0.6) is 0 Å². The van der Waals surface area contributed by atoms with Gasteiger partial charge in [0.15, 0.2) is 0 Å². The molecule has 0 N–H and O–H groups in total. The van der Waals surface area contributed by atoms with Crippen LogP contribution in [0.1, 0.15) is 39.0 Å². The van der Waals surface area contributed by atoms with E-state index in [1.165, 1.54) is 25.7 Å². The van der Waals surface area contributed by atoms with Crippen LogP contribution in [0.2, 0.25) is 0 Å². The Balaban J connectivity index is 1.69. The van der Waals surface area contributed by atoms with Gasteiger partial charge in [0.2, 0.25) is 5.91 Å². The maximum Gasteiger partial charge on any atom is 0.224 e. The zero-order chi connectivity index (χ0) is 12.0. The maximum atomic E-state index is 11.9. The van der Waals surface area contributed by atoms with Gasteiger partial charge in [-0.1, -0.05) is 6.42 Å². The van der Waals surface area contributed by atoms with Crippen LogP contribution in [0.15, 0.2) is 0 Å². The number of fused-ring (bicyclic) bond motifs is 2. The number of amides is 1. The lowest BCUT2D eigenvalue weighted by atomic mass is 9.83. The molecule has 0 aromatic rings. The zero-order valence-corrected chi connectivity index (χ0v) is 10.4. The van der Waals surface area contributed by atoms with E-state index in [9.17, 15) is 4.79 Å². The first kappa shape index (κ1) is 11.1. The van der Waals surface area contributed by atoms with Crippen molar-refractivity contribution in [2.75, 3.05) is 6.54 Å². The summed E-state index contributed by atoms with van der Waals surface area (Å²) in [4.78, 5) is 13.9. The van der Waals surface area contributed by atoms with Crippen molar-refractivity contribution in [3.63, 3.8) is 0 Å². The van der Waals surface area contributed by atoms with E-state index in [2.05, 4.69) is 13.0 Å². The molecule has 1 heterocycles. The highest BCUT2D eigenvalue weighted by atomic mass is 16.2. The zero-order valence-electron chi connectivity index (χ0n) is 10.4. The van der Waals surface area contributed by atoms with Crippen LogP contribution in [-0.2, 0) is 4.79 Å². The fourth-order valence-corrected chi connectivity index (χ4v) is 4.33. The molecule has 2 aliphatic carbocycles. The van der Waals surface area contributed by atoms with Crippen LogP contribution >= 0.6 is 0 Å². The molecule has 17 heavy (non-hydrogen) atoms. The number of rotatable bonds is 2. The Morgan fingerprint density at radius 3 is 2.76 bits per heavy atom. The summed E-state index contributed by atoms with van der Waals surface area (Å²) in [5.74, 6) is 2.62. The largest absolute Gasteiger partial charge is 0.338 e. The smallest absolute Gasteiger partial charge is 0.224 e. The minimum Gasteiger partial charge on any atom is -0.338 e. The summed E-state index contributed by atoms with van der Waals surface area (Å²) >= 11 is 0. The maximum absolute atomic E-state index is 11.9. The quantitative estimate of drug-likeness (QED) is 0.732. The third-order valence-electron chi connectivity index (χ3n) is 5.25. The predicted octanol–water partition coefficient (Wildman–Crippen LogP) is 2.18. The molecule has 3 aliphatic rings. The van der Waals surface area contributed by atoms with Crippen LogP contribution < -0.4 is 0 Å². The van der Waals surface area contributed by atoms with Crippen molar-refractivity contribution in [2.24, 2.45) is 23.7 Å². The molecular formula is C14H20N2O. The molecule has 3 heteroatoms. The molecule has 1 saturated heterocycles. The second-order valence-electron chi connectivity index (χ2n) is 6.16. The molecule has 3 fully saturated rings. The van der Waals surface area contributed by atoms with Crippen LogP contribution in [0.25, 0.3) is 0 Å². The fraction of sp³-hybridized carbons (Fsp3) is 0.857. The van der Waals surface area contributed by atoms with Gasteiger partial charge in [-0.2, -0.15) is 5.26 Å². The monoisotopic (exact) mass is 232 g/mol. The summed E-state index contributed by atoms with van der Waals surface area (Å²) in [6, 6.07) is 2.60. The number of nitrogens with zero attached hydrogens (tertiary/aromatic N) is 2. The highest BCUT2D eigenvalue weighted by Gasteiger charge is 2.45. The first-order valence-corrected chi connectivity index (χ1v) is 6.88. The number of nitriles is 1. The van der Waals surface area contributed by atoms with E-state index in [-0.39, 0.29) is 11.8 Å². The standard InChI is InChI=1S/C14H20N2O/c1-9(13-5-10-2-3-12(13)4-10)16-8-11(7-15)6-14(16)17/h9-13H,2-6,8H2,1H3. The Kier molecular flexibility index (Phi) is 2.61. The number of carbonyl (C=O) groups is 1. The first-order chi connectivity index (χ1) is 8.19. The lowest BCUT2D eigenvalue weighted by Crippen LogP contribution is -2.41. The van der Waals surface area contributed by atoms with E-state index in [0.717, 1.165) is 11.8 Å². The molecule has 1 aliphatic heterocycles. The van der Waals surface area contributed by atoms with Crippen molar-refractivity contribution in [1.29, 1.82) is 5.26 Å². The molecule has 0 spiro atoms. The topological polar surface area (TPSA) is 44.1 Å². The molecule has 0 aromatic heterocycles. The van der Waals surface area contributed by atoms with E-state index in [0.29, 0.717) is 24.9 Å². The van der Waals surface area contributed by atoms with Gasteiger partial charge >= 0.3 is 0 Å². The molecular weight excluding hydrogens is 212 g/mol. The van der Waals surface area contributed by atoms with Crippen molar-refractivity contribution in [2.45, 2.75) is 45.1 Å². The van der Waals surface area contributed by atoms with E-state index < -0.39 is 0 Å². The van der Waals surface area contributed by atoms with E-state index in [1.54, 1.807) is 0 Å². The van der Waals surface area contributed by atoms with Crippen molar-refractivity contribution < 1.29 is 4.79 Å². The molecule has 2 bridgehead atoms. The SMILES string of the molecule is CC(C1CC2CCC1C2)N1CC(C#N)CC1=O. The summed E-state index contributed by atoms with van der Waals surface area (Å²) in [6.07, 6.45) is 5.92. The van der Waals surface area contributed by atoms with Gasteiger partial charge < -0.3 is 4.90 Å². The molecule has 1 amide bonds. The van der Waals surface area contributed by atoms with E-state index in [4.69, 9.17) is 5.26 Å². The Morgan fingerprint density at radius 2 is 2.24 bits per heavy atom. The number of carbonyl (C=O) groups excluding carboxylic acids is 1. The number of likely N-dealkylation sites (tertiary alicyclic amines) is 1. The fourth-order valence-electron chi connectivity index (χ4n) is 4.33. The van der Waals surface area contributed by atoms with Gasteiger partial charge in [0.1, 0.15) is 0 Å². The highest BCUT2D eigenvalue weighted by Crippen LogP contribution is 2.50. The third kappa shape index (κ3) is 1.74. The minimum absolute atomic E-state index is 0.0662. The third-order valence-corrected chi connectivity index (χ3v) is 5.25. The molecule has 3 rings (SSSR count). The van der Waals surface area contributed by atoms with Gasteiger partial charge in [0.05, 0.1) is 12.0 Å². The van der Waals surface area contributed by atoms with Gasteiger partial charge in [-0.25, -0.2) is 0 Å². The number of hydrogen-bond donors (Lipinski definition) is 0. The van der Waals surface area contributed by atoms with Gasteiger partial charge in [0, 0.05) is 19.0 Å². The Hall–Kier alpha value is -1.04. The molecule has 0 radical (unpaired) electrons. The molecule has 5 unspecified atom stereocenters. The Labute approximate surface area is 103 Å². The average molecular weight is 232 g/mol. The summed E-state index contributed by atoms with van der Waals surface area (Å²) in [7, 11) is 0. The predicted molar refractivity (Wildman–Crippen MR) is 63.8 cm³/mol. The average Bonchev–Trinajstić information content (AvgIpc) is 3.01. The van der Waals surface area contributed by atoms with Gasteiger partial charge in [-0.05, 0) is 43.9 Å². The lowest BCUT2D eigenvalue weighted by molar-refractivity contribution is -0.130. The number of hydrogen-bond acceptors (Lipinski definition) is 2.